The van der Waals surface area contributed by atoms with Gasteiger partial charge in [0.1, 0.15) is 17.6 Å². The van der Waals surface area contributed by atoms with Gasteiger partial charge < -0.3 is 20.5 Å². The number of carbonyl (C=O) groups is 1. The SMILES string of the molecule is CC(=O)O.COc1cccc(Cl)c1CNC(=N)Nc1ccc(C#N)cn1. The second-order valence-corrected chi connectivity index (χ2v) is 5.24. The number of nitrogens with zero attached hydrogens (tertiary/aromatic N) is 2. The molecule has 1 aromatic carbocycles. The first-order valence-corrected chi connectivity index (χ1v) is 7.71. The third-order valence-corrected chi connectivity index (χ3v) is 3.24. The van der Waals surface area contributed by atoms with E-state index in [-0.39, 0.29) is 5.96 Å². The van der Waals surface area contributed by atoms with Gasteiger partial charge in [0.2, 0.25) is 0 Å². The molecule has 4 N–H and O–H groups in total. The molecule has 0 saturated heterocycles. The highest BCUT2D eigenvalue weighted by atomic mass is 35.5. The number of carboxylic acids is 1. The molecule has 1 aromatic heterocycles. The van der Waals surface area contributed by atoms with Crippen LogP contribution in [-0.2, 0) is 11.3 Å². The molecule has 0 unspecified atom stereocenters. The minimum atomic E-state index is -0.833. The summed E-state index contributed by atoms with van der Waals surface area (Å²) in [6.45, 7) is 1.42. The fraction of sp³-hybridized carbons (Fsp3) is 0.176. The van der Waals surface area contributed by atoms with Gasteiger partial charge in [-0.3, -0.25) is 10.2 Å². The number of halogens is 1. The molecule has 0 spiro atoms. The zero-order chi connectivity index (χ0) is 19.5. The van der Waals surface area contributed by atoms with Gasteiger partial charge in [0.05, 0.1) is 12.7 Å². The Labute approximate surface area is 155 Å². The Hall–Kier alpha value is -3.31. The van der Waals surface area contributed by atoms with Crippen molar-refractivity contribution in [1.82, 2.24) is 10.3 Å². The highest BCUT2D eigenvalue weighted by Crippen LogP contribution is 2.25. The molecular formula is C17H18ClN5O3. The van der Waals surface area contributed by atoms with Crippen molar-refractivity contribution in [1.29, 1.82) is 10.7 Å². The summed E-state index contributed by atoms with van der Waals surface area (Å²) in [5.41, 5.74) is 1.23. The number of rotatable bonds is 4. The van der Waals surface area contributed by atoms with E-state index in [2.05, 4.69) is 15.6 Å². The Kier molecular flexibility index (Phi) is 8.40. The van der Waals surface area contributed by atoms with E-state index in [4.69, 9.17) is 36.9 Å². The topological polar surface area (TPSA) is 131 Å². The van der Waals surface area contributed by atoms with E-state index >= 15 is 0 Å². The molecule has 0 amide bonds. The number of aromatic nitrogens is 1. The van der Waals surface area contributed by atoms with E-state index in [1.807, 2.05) is 12.1 Å². The van der Waals surface area contributed by atoms with Crippen LogP contribution in [0.25, 0.3) is 0 Å². The van der Waals surface area contributed by atoms with Crippen molar-refractivity contribution < 1.29 is 14.6 Å². The number of hydrogen-bond donors (Lipinski definition) is 4. The first kappa shape index (κ1) is 20.7. The third kappa shape index (κ3) is 7.07. The minimum Gasteiger partial charge on any atom is -0.496 e. The van der Waals surface area contributed by atoms with Crippen LogP contribution in [0.3, 0.4) is 0 Å². The third-order valence-electron chi connectivity index (χ3n) is 2.88. The number of pyridine rings is 1. The first-order valence-electron chi connectivity index (χ1n) is 7.33. The molecule has 9 heteroatoms. The normalized spacial score (nSPS) is 9.15. The minimum absolute atomic E-state index is 0.0687. The number of guanidine groups is 1. The number of methoxy groups -OCH3 is 1. The zero-order valence-corrected chi connectivity index (χ0v) is 15.0. The molecule has 2 rings (SSSR count). The zero-order valence-electron chi connectivity index (χ0n) is 14.2. The molecule has 0 aliphatic rings. The summed E-state index contributed by atoms with van der Waals surface area (Å²) in [5.74, 6) is 0.367. The molecule has 0 fully saturated rings. The van der Waals surface area contributed by atoms with Crippen LogP contribution in [0.5, 0.6) is 5.75 Å². The van der Waals surface area contributed by atoms with Crippen LogP contribution in [0.1, 0.15) is 18.1 Å². The number of aliphatic carboxylic acids is 1. The highest BCUT2D eigenvalue weighted by molar-refractivity contribution is 6.31. The van der Waals surface area contributed by atoms with E-state index < -0.39 is 5.97 Å². The maximum absolute atomic E-state index is 9.00. The molecule has 2 aromatic rings. The summed E-state index contributed by atoms with van der Waals surface area (Å²) >= 11 is 6.13. The number of carboxylic acid groups (broad SMARTS) is 1. The van der Waals surface area contributed by atoms with Crippen molar-refractivity contribution in [2.24, 2.45) is 0 Å². The number of ether oxygens (including phenoxy) is 1. The molecule has 1 heterocycles. The molecule has 136 valence electrons. The maximum Gasteiger partial charge on any atom is 0.300 e. The fourth-order valence-corrected chi connectivity index (χ4v) is 2.02. The summed E-state index contributed by atoms with van der Waals surface area (Å²) in [4.78, 5) is 13.0. The van der Waals surface area contributed by atoms with E-state index in [0.717, 1.165) is 12.5 Å². The average molecular weight is 376 g/mol. The van der Waals surface area contributed by atoms with Crippen molar-refractivity contribution in [2.75, 3.05) is 12.4 Å². The van der Waals surface area contributed by atoms with Crippen LogP contribution in [-0.4, -0.2) is 29.1 Å². The van der Waals surface area contributed by atoms with E-state index in [0.29, 0.717) is 28.7 Å². The van der Waals surface area contributed by atoms with Gasteiger partial charge in [0.15, 0.2) is 5.96 Å². The van der Waals surface area contributed by atoms with Crippen LogP contribution in [0.15, 0.2) is 36.5 Å². The molecule has 0 atom stereocenters. The molecule has 0 bridgehead atoms. The Morgan fingerprint density at radius 1 is 1.42 bits per heavy atom. The molecule has 26 heavy (non-hydrogen) atoms. The monoisotopic (exact) mass is 375 g/mol. The number of benzene rings is 1. The van der Waals surface area contributed by atoms with Gasteiger partial charge in [0, 0.05) is 30.3 Å². The second-order valence-electron chi connectivity index (χ2n) is 4.84. The van der Waals surface area contributed by atoms with Crippen LogP contribution in [0.4, 0.5) is 5.82 Å². The van der Waals surface area contributed by atoms with E-state index in [1.54, 1.807) is 31.4 Å². The van der Waals surface area contributed by atoms with Gasteiger partial charge in [-0.2, -0.15) is 5.26 Å². The quantitative estimate of drug-likeness (QED) is 0.477. The van der Waals surface area contributed by atoms with Crippen LogP contribution in [0.2, 0.25) is 5.02 Å². The lowest BCUT2D eigenvalue weighted by atomic mass is 10.2. The molecule has 0 saturated carbocycles. The lowest BCUT2D eigenvalue weighted by Gasteiger charge is -2.13. The van der Waals surface area contributed by atoms with Crippen molar-refractivity contribution in [2.45, 2.75) is 13.5 Å². The van der Waals surface area contributed by atoms with Gasteiger partial charge in [0.25, 0.3) is 5.97 Å². The maximum atomic E-state index is 9.00. The van der Waals surface area contributed by atoms with Crippen LogP contribution in [0, 0.1) is 16.7 Å². The summed E-state index contributed by atoms with van der Waals surface area (Å²) < 4.78 is 5.24. The van der Waals surface area contributed by atoms with Gasteiger partial charge in [-0.15, -0.1) is 0 Å². The van der Waals surface area contributed by atoms with Gasteiger partial charge in [-0.1, -0.05) is 17.7 Å². The fourth-order valence-electron chi connectivity index (χ4n) is 1.78. The Balaban J connectivity index is 0.000000765. The second kappa shape index (κ2) is 10.5. The smallest absolute Gasteiger partial charge is 0.300 e. The highest BCUT2D eigenvalue weighted by Gasteiger charge is 2.08. The number of nitriles is 1. The van der Waals surface area contributed by atoms with E-state index in [9.17, 15) is 0 Å². The Morgan fingerprint density at radius 2 is 2.12 bits per heavy atom. The first-order chi connectivity index (χ1) is 12.4. The molecule has 0 aliphatic heterocycles. The predicted octanol–water partition coefficient (Wildman–Crippen LogP) is 2.84. The van der Waals surface area contributed by atoms with Gasteiger partial charge in [-0.05, 0) is 24.3 Å². The summed E-state index contributed by atoms with van der Waals surface area (Å²) in [5, 5.41) is 30.2. The Morgan fingerprint density at radius 3 is 2.65 bits per heavy atom. The van der Waals surface area contributed by atoms with Crippen molar-refractivity contribution in [3.63, 3.8) is 0 Å². The summed E-state index contributed by atoms with van der Waals surface area (Å²) in [6.07, 6.45) is 1.44. The number of anilines is 1. The average Bonchev–Trinajstić information content (AvgIpc) is 2.60. The van der Waals surface area contributed by atoms with E-state index in [1.165, 1.54) is 6.20 Å². The van der Waals surface area contributed by atoms with Crippen LogP contribution < -0.4 is 15.4 Å². The summed E-state index contributed by atoms with van der Waals surface area (Å²) in [6, 6.07) is 10.6. The van der Waals surface area contributed by atoms with Crippen molar-refractivity contribution >= 4 is 29.3 Å². The largest absolute Gasteiger partial charge is 0.496 e. The molecule has 0 radical (unpaired) electrons. The molecule has 0 aliphatic carbocycles. The van der Waals surface area contributed by atoms with Crippen molar-refractivity contribution in [3.05, 3.63) is 52.7 Å². The van der Waals surface area contributed by atoms with Crippen molar-refractivity contribution in [3.8, 4) is 11.8 Å². The van der Waals surface area contributed by atoms with Crippen LogP contribution >= 0.6 is 11.6 Å². The van der Waals surface area contributed by atoms with Gasteiger partial charge >= 0.3 is 0 Å². The number of hydrogen-bond acceptors (Lipinski definition) is 5. The molecule has 8 nitrogen and oxygen atoms in total. The lowest BCUT2D eigenvalue weighted by Crippen LogP contribution is -2.29. The number of nitrogens with one attached hydrogen (secondary N) is 3. The molecular weight excluding hydrogens is 358 g/mol. The predicted molar refractivity (Wildman–Crippen MR) is 98.5 cm³/mol. The standard InChI is InChI=1S/C15H14ClN5O.C2H4O2/c1-22-13-4-2-3-12(16)11(13)9-20-15(18)21-14-6-5-10(7-17)8-19-14;1-2(3)4/h2-6,8H,9H2,1H3,(H3,18,19,20,21);1H3,(H,3,4). The Bertz CT molecular complexity index is 799. The lowest BCUT2D eigenvalue weighted by molar-refractivity contribution is -0.134. The summed E-state index contributed by atoms with van der Waals surface area (Å²) in [7, 11) is 1.57. The van der Waals surface area contributed by atoms with Gasteiger partial charge in [-0.25, -0.2) is 4.98 Å².